The van der Waals surface area contributed by atoms with Crippen LogP contribution in [0.4, 0.5) is 4.39 Å². The van der Waals surface area contributed by atoms with Crippen molar-refractivity contribution in [2.45, 2.75) is 6.04 Å². The topological polar surface area (TPSA) is 25.2 Å². The second kappa shape index (κ2) is 5.79. The third-order valence-electron chi connectivity index (χ3n) is 3.36. The quantitative estimate of drug-likeness (QED) is 0.679. The predicted octanol–water partition coefficient (Wildman–Crippen LogP) is 5.30. The molecule has 1 N–H and O–H groups in total. The van der Waals surface area contributed by atoms with E-state index < -0.39 is 0 Å². The Kier molecular flexibility index (Phi) is 4.02. The number of hydrogen-bond donors (Lipinski definition) is 1. The highest BCUT2D eigenvalue weighted by Gasteiger charge is 2.20. The molecule has 3 aromatic rings. The van der Waals surface area contributed by atoms with Crippen molar-refractivity contribution in [3.05, 3.63) is 69.1 Å². The summed E-state index contributed by atoms with van der Waals surface area (Å²) < 4.78 is 20.2. The zero-order valence-corrected chi connectivity index (χ0v) is 13.5. The van der Waals surface area contributed by atoms with E-state index in [2.05, 4.69) is 21.2 Å². The minimum atomic E-state index is -0.289. The van der Waals surface area contributed by atoms with Gasteiger partial charge in [0.2, 0.25) is 0 Å². The monoisotopic (exact) mass is 367 g/mol. The van der Waals surface area contributed by atoms with Crippen molar-refractivity contribution in [3.63, 3.8) is 0 Å². The lowest BCUT2D eigenvalue weighted by Crippen LogP contribution is -2.17. The van der Waals surface area contributed by atoms with E-state index in [1.807, 2.05) is 18.2 Å². The lowest BCUT2D eigenvalue weighted by atomic mass is 10.0. The largest absolute Gasteiger partial charge is 0.457 e. The Hall–Kier alpha value is -1.36. The molecule has 1 aromatic heterocycles. The Bertz CT molecular complexity index is 802. The molecule has 1 atom stereocenters. The molecule has 0 fully saturated rings. The fraction of sp³-hybridized carbons (Fsp3) is 0.125. The molecule has 21 heavy (non-hydrogen) atoms. The van der Waals surface area contributed by atoms with Crippen molar-refractivity contribution in [3.8, 4) is 0 Å². The fourth-order valence-corrected chi connectivity index (χ4v) is 3.07. The summed E-state index contributed by atoms with van der Waals surface area (Å²) in [7, 11) is 1.80. The number of rotatable bonds is 3. The second-order valence-electron chi connectivity index (χ2n) is 4.69. The number of hydrogen-bond acceptors (Lipinski definition) is 2. The molecule has 1 heterocycles. The average molecular weight is 369 g/mol. The van der Waals surface area contributed by atoms with Gasteiger partial charge in [0.25, 0.3) is 0 Å². The Morgan fingerprint density at radius 2 is 2.05 bits per heavy atom. The van der Waals surface area contributed by atoms with Crippen LogP contribution in [0.15, 0.2) is 51.4 Å². The molecule has 2 aromatic carbocycles. The van der Waals surface area contributed by atoms with Gasteiger partial charge in [-0.15, -0.1) is 0 Å². The number of furan rings is 1. The molecule has 0 radical (unpaired) electrons. The third-order valence-corrected chi connectivity index (χ3v) is 4.38. The first kappa shape index (κ1) is 14.6. The molecule has 0 bridgehead atoms. The Morgan fingerprint density at radius 1 is 1.24 bits per heavy atom. The van der Waals surface area contributed by atoms with Gasteiger partial charge in [-0.05, 0) is 42.9 Å². The van der Waals surface area contributed by atoms with E-state index in [4.69, 9.17) is 16.0 Å². The third kappa shape index (κ3) is 2.71. The van der Waals surface area contributed by atoms with Gasteiger partial charge in [-0.3, -0.25) is 0 Å². The fourth-order valence-electron chi connectivity index (χ4n) is 2.38. The van der Waals surface area contributed by atoms with Gasteiger partial charge >= 0.3 is 0 Å². The highest BCUT2D eigenvalue weighted by molar-refractivity contribution is 9.10. The van der Waals surface area contributed by atoms with Crippen LogP contribution in [-0.4, -0.2) is 7.05 Å². The Labute approximate surface area is 135 Å². The van der Waals surface area contributed by atoms with Crippen LogP contribution in [0.5, 0.6) is 0 Å². The smallest absolute Gasteiger partial charge is 0.152 e. The summed E-state index contributed by atoms with van der Waals surface area (Å²) >= 11 is 9.59. The van der Waals surface area contributed by atoms with E-state index >= 15 is 0 Å². The minimum Gasteiger partial charge on any atom is -0.457 e. The number of para-hydroxylation sites is 1. The first-order valence-electron chi connectivity index (χ1n) is 6.40. The van der Waals surface area contributed by atoms with Gasteiger partial charge in [-0.2, -0.15) is 0 Å². The van der Waals surface area contributed by atoms with Crippen molar-refractivity contribution < 1.29 is 8.81 Å². The zero-order valence-electron chi connectivity index (χ0n) is 11.2. The average Bonchev–Trinajstić information content (AvgIpc) is 2.89. The standard InChI is InChI=1S/C16H12BrClFNO/c1-20-15(11-8-10(19)5-6-12(11)17)14-7-9-3-2-4-13(18)16(9)21-14/h2-8,15,20H,1H3. The molecule has 0 saturated carbocycles. The van der Waals surface area contributed by atoms with Gasteiger partial charge in [0, 0.05) is 9.86 Å². The van der Waals surface area contributed by atoms with Crippen LogP contribution in [0.2, 0.25) is 5.02 Å². The molecular formula is C16H12BrClFNO. The van der Waals surface area contributed by atoms with Gasteiger partial charge in [0.05, 0.1) is 11.1 Å². The molecule has 0 amide bonds. The van der Waals surface area contributed by atoms with Crippen molar-refractivity contribution in [1.29, 1.82) is 0 Å². The summed E-state index contributed by atoms with van der Waals surface area (Å²) in [6.45, 7) is 0. The predicted molar refractivity (Wildman–Crippen MR) is 86.2 cm³/mol. The SMILES string of the molecule is CNC(c1cc2cccc(Cl)c2o1)c1cc(F)ccc1Br. The minimum absolute atomic E-state index is 0.265. The maximum Gasteiger partial charge on any atom is 0.152 e. The molecule has 108 valence electrons. The molecule has 0 spiro atoms. The van der Waals surface area contributed by atoms with E-state index in [-0.39, 0.29) is 11.9 Å². The number of nitrogens with one attached hydrogen (secondary N) is 1. The van der Waals surface area contributed by atoms with Gasteiger partial charge in [-0.25, -0.2) is 4.39 Å². The highest BCUT2D eigenvalue weighted by Crippen LogP contribution is 2.34. The van der Waals surface area contributed by atoms with Crippen LogP contribution < -0.4 is 5.32 Å². The van der Waals surface area contributed by atoms with Crippen LogP contribution in [0.1, 0.15) is 17.4 Å². The highest BCUT2D eigenvalue weighted by atomic mass is 79.9. The molecule has 0 aliphatic rings. The summed E-state index contributed by atoms with van der Waals surface area (Å²) in [4.78, 5) is 0. The van der Waals surface area contributed by atoms with Crippen LogP contribution >= 0.6 is 27.5 Å². The number of fused-ring (bicyclic) bond motifs is 1. The van der Waals surface area contributed by atoms with Crippen molar-refractivity contribution in [2.75, 3.05) is 7.05 Å². The molecule has 0 saturated heterocycles. The van der Waals surface area contributed by atoms with E-state index in [9.17, 15) is 4.39 Å². The molecule has 0 aliphatic heterocycles. The van der Waals surface area contributed by atoms with E-state index in [0.717, 1.165) is 15.4 Å². The van der Waals surface area contributed by atoms with Gasteiger partial charge in [0.1, 0.15) is 11.6 Å². The molecule has 5 heteroatoms. The van der Waals surface area contributed by atoms with Crippen LogP contribution in [0.25, 0.3) is 11.0 Å². The lowest BCUT2D eigenvalue weighted by molar-refractivity contribution is 0.489. The summed E-state index contributed by atoms with van der Waals surface area (Å²) in [6.07, 6.45) is 0. The number of benzene rings is 2. The van der Waals surface area contributed by atoms with Crippen molar-refractivity contribution in [1.82, 2.24) is 5.32 Å². The van der Waals surface area contributed by atoms with Crippen molar-refractivity contribution >= 4 is 38.5 Å². The Morgan fingerprint density at radius 3 is 2.76 bits per heavy atom. The summed E-state index contributed by atoms with van der Waals surface area (Å²) in [5.74, 6) is 0.398. The van der Waals surface area contributed by atoms with Crippen LogP contribution in [-0.2, 0) is 0 Å². The number of halogens is 3. The Balaban J connectivity index is 2.13. The van der Waals surface area contributed by atoms with Gasteiger partial charge < -0.3 is 9.73 Å². The van der Waals surface area contributed by atoms with Gasteiger partial charge in [-0.1, -0.05) is 39.7 Å². The molecule has 1 unspecified atom stereocenters. The maximum atomic E-state index is 13.5. The van der Waals surface area contributed by atoms with Gasteiger partial charge in [0.15, 0.2) is 5.58 Å². The van der Waals surface area contributed by atoms with Crippen LogP contribution in [0, 0.1) is 5.82 Å². The second-order valence-corrected chi connectivity index (χ2v) is 5.96. The lowest BCUT2D eigenvalue weighted by Gasteiger charge is -2.15. The summed E-state index contributed by atoms with van der Waals surface area (Å²) in [5, 5.41) is 4.63. The molecule has 3 rings (SSSR count). The van der Waals surface area contributed by atoms with E-state index in [0.29, 0.717) is 16.4 Å². The first-order chi connectivity index (χ1) is 10.1. The maximum absolute atomic E-state index is 13.5. The molecule has 2 nitrogen and oxygen atoms in total. The van der Waals surface area contributed by atoms with E-state index in [1.165, 1.54) is 12.1 Å². The van der Waals surface area contributed by atoms with E-state index in [1.54, 1.807) is 19.2 Å². The molecule has 0 aliphatic carbocycles. The zero-order chi connectivity index (χ0) is 15.0. The summed E-state index contributed by atoms with van der Waals surface area (Å²) in [5.41, 5.74) is 1.41. The first-order valence-corrected chi connectivity index (χ1v) is 7.57. The van der Waals surface area contributed by atoms with Crippen molar-refractivity contribution in [2.24, 2.45) is 0 Å². The summed E-state index contributed by atoms with van der Waals surface area (Å²) in [6, 6.07) is 11.8. The molecular weight excluding hydrogens is 357 g/mol. The normalized spacial score (nSPS) is 12.8. The van der Waals surface area contributed by atoms with Crippen LogP contribution in [0.3, 0.4) is 0 Å².